The number of nitrogens with zero attached hydrogens (tertiary/aromatic N) is 1. The minimum atomic E-state index is -1.01. The van der Waals surface area contributed by atoms with E-state index in [1.165, 1.54) is 12.3 Å². The monoisotopic (exact) mass is 272 g/mol. The lowest BCUT2D eigenvalue weighted by atomic mass is 10.1. The summed E-state index contributed by atoms with van der Waals surface area (Å²) in [5, 5.41) is 12.4. The zero-order chi connectivity index (χ0) is 12.3. The van der Waals surface area contributed by atoms with Crippen molar-refractivity contribution in [1.82, 2.24) is 4.98 Å². The first kappa shape index (κ1) is 12.5. The zero-order valence-electron chi connectivity index (χ0n) is 9.15. The van der Waals surface area contributed by atoms with Crippen LogP contribution in [0.4, 0.5) is 5.82 Å². The largest absolute Gasteiger partial charge is 0.478 e. The topological polar surface area (TPSA) is 62.2 Å². The lowest BCUT2D eigenvalue weighted by molar-refractivity contribution is 0.0696. The standard InChI is InChI=1S/C11H13ClN2O2S/c12-9-5-7(11(15)16)6-13-10(9)14-8-1-3-17-4-2-8/h5-6,8H,1-4H2,(H,13,14)(H,15,16). The van der Waals surface area contributed by atoms with Crippen molar-refractivity contribution in [2.75, 3.05) is 16.8 Å². The van der Waals surface area contributed by atoms with E-state index in [-0.39, 0.29) is 5.56 Å². The van der Waals surface area contributed by atoms with Crippen molar-refractivity contribution in [2.45, 2.75) is 18.9 Å². The van der Waals surface area contributed by atoms with E-state index >= 15 is 0 Å². The van der Waals surface area contributed by atoms with E-state index in [1.54, 1.807) is 0 Å². The van der Waals surface area contributed by atoms with Crippen LogP contribution in [0.1, 0.15) is 23.2 Å². The Morgan fingerprint density at radius 2 is 2.24 bits per heavy atom. The van der Waals surface area contributed by atoms with Crippen molar-refractivity contribution in [1.29, 1.82) is 0 Å². The van der Waals surface area contributed by atoms with Gasteiger partial charge in [0.05, 0.1) is 10.6 Å². The third kappa shape index (κ3) is 3.26. The van der Waals surface area contributed by atoms with Gasteiger partial charge in [0.2, 0.25) is 0 Å². The summed E-state index contributed by atoms with van der Waals surface area (Å²) in [7, 11) is 0. The Balaban J connectivity index is 2.08. The second kappa shape index (κ2) is 5.60. The van der Waals surface area contributed by atoms with Gasteiger partial charge in [-0.3, -0.25) is 0 Å². The van der Waals surface area contributed by atoms with Gasteiger partial charge in [-0.1, -0.05) is 11.6 Å². The van der Waals surface area contributed by atoms with Crippen LogP contribution >= 0.6 is 23.4 Å². The highest BCUT2D eigenvalue weighted by Crippen LogP contribution is 2.25. The number of hydrogen-bond acceptors (Lipinski definition) is 4. The first-order valence-corrected chi connectivity index (χ1v) is 6.93. The molecule has 1 aromatic heterocycles. The number of pyridine rings is 1. The molecule has 1 aromatic rings. The molecule has 17 heavy (non-hydrogen) atoms. The average Bonchev–Trinajstić information content (AvgIpc) is 2.33. The molecule has 0 aromatic carbocycles. The summed E-state index contributed by atoms with van der Waals surface area (Å²) < 4.78 is 0. The Bertz CT molecular complexity index is 422. The van der Waals surface area contributed by atoms with Crippen LogP contribution in [-0.2, 0) is 0 Å². The molecule has 2 rings (SSSR count). The van der Waals surface area contributed by atoms with E-state index in [0.29, 0.717) is 16.9 Å². The maximum Gasteiger partial charge on any atom is 0.337 e. The van der Waals surface area contributed by atoms with Crippen molar-refractivity contribution < 1.29 is 9.90 Å². The number of thioether (sulfide) groups is 1. The number of hydrogen-bond donors (Lipinski definition) is 2. The maximum atomic E-state index is 10.7. The molecular formula is C11H13ClN2O2S. The van der Waals surface area contributed by atoms with Crippen LogP contribution in [0.3, 0.4) is 0 Å². The van der Waals surface area contributed by atoms with Crippen LogP contribution in [0, 0.1) is 0 Å². The predicted molar refractivity (Wildman–Crippen MR) is 70.2 cm³/mol. The van der Waals surface area contributed by atoms with Crippen LogP contribution in [0.25, 0.3) is 0 Å². The predicted octanol–water partition coefficient (Wildman–Crippen LogP) is 2.74. The number of anilines is 1. The van der Waals surface area contributed by atoms with E-state index in [4.69, 9.17) is 16.7 Å². The second-order valence-corrected chi connectivity index (χ2v) is 5.52. The first-order valence-electron chi connectivity index (χ1n) is 5.40. The fourth-order valence-corrected chi connectivity index (χ4v) is 3.02. The fraction of sp³-hybridized carbons (Fsp3) is 0.455. The van der Waals surface area contributed by atoms with Gasteiger partial charge in [0.15, 0.2) is 0 Å². The summed E-state index contributed by atoms with van der Waals surface area (Å²) in [6.07, 6.45) is 3.50. The molecule has 1 fully saturated rings. The summed E-state index contributed by atoms with van der Waals surface area (Å²) in [4.78, 5) is 14.8. The number of carbonyl (C=O) groups is 1. The van der Waals surface area contributed by atoms with E-state index < -0.39 is 5.97 Å². The summed E-state index contributed by atoms with van der Waals surface area (Å²) in [5.41, 5.74) is 0.111. The van der Waals surface area contributed by atoms with Gasteiger partial charge in [0.1, 0.15) is 5.82 Å². The lowest BCUT2D eigenvalue weighted by Gasteiger charge is -2.23. The first-order chi connectivity index (χ1) is 8.16. The van der Waals surface area contributed by atoms with Gasteiger partial charge in [-0.05, 0) is 30.4 Å². The average molecular weight is 273 g/mol. The summed E-state index contributed by atoms with van der Waals surface area (Å²) in [5.74, 6) is 1.85. The molecule has 1 aliphatic rings. The Morgan fingerprint density at radius 1 is 1.53 bits per heavy atom. The molecule has 0 aliphatic carbocycles. The van der Waals surface area contributed by atoms with Gasteiger partial charge in [-0.2, -0.15) is 11.8 Å². The molecule has 4 nitrogen and oxygen atoms in total. The summed E-state index contributed by atoms with van der Waals surface area (Å²) >= 11 is 7.95. The summed E-state index contributed by atoms with van der Waals surface area (Å²) in [6, 6.07) is 1.81. The number of carboxylic acids is 1. The fourth-order valence-electron chi connectivity index (χ4n) is 1.70. The third-order valence-corrected chi connectivity index (χ3v) is 3.99. The van der Waals surface area contributed by atoms with Gasteiger partial charge in [0, 0.05) is 12.2 Å². The molecule has 0 unspecified atom stereocenters. The van der Waals surface area contributed by atoms with Crippen molar-refractivity contribution in [3.05, 3.63) is 22.8 Å². The quantitative estimate of drug-likeness (QED) is 0.886. The van der Waals surface area contributed by atoms with Crippen LogP contribution in [0.2, 0.25) is 5.02 Å². The normalized spacial score (nSPS) is 16.8. The molecule has 6 heteroatoms. The lowest BCUT2D eigenvalue weighted by Crippen LogP contribution is -2.25. The molecule has 0 radical (unpaired) electrons. The van der Waals surface area contributed by atoms with Crippen molar-refractivity contribution in [3.63, 3.8) is 0 Å². The number of rotatable bonds is 3. The van der Waals surface area contributed by atoms with Crippen LogP contribution in [-0.4, -0.2) is 33.6 Å². The molecule has 0 spiro atoms. The maximum absolute atomic E-state index is 10.7. The van der Waals surface area contributed by atoms with Gasteiger partial charge >= 0.3 is 5.97 Å². The van der Waals surface area contributed by atoms with Gasteiger partial charge in [-0.15, -0.1) is 0 Å². The molecule has 1 aliphatic heterocycles. The Morgan fingerprint density at radius 3 is 2.82 bits per heavy atom. The van der Waals surface area contributed by atoms with Crippen LogP contribution in [0.5, 0.6) is 0 Å². The molecule has 2 heterocycles. The van der Waals surface area contributed by atoms with E-state index in [0.717, 1.165) is 24.3 Å². The smallest absolute Gasteiger partial charge is 0.337 e. The Kier molecular flexibility index (Phi) is 4.12. The van der Waals surface area contributed by atoms with Crippen molar-refractivity contribution in [3.8, 4) is 0 Å². The highest BCUT2D eigenvalue weighted by molar-refractivity contribution is 7.99. The van der Waals surface area contributed by atoms with Crippen molar-refractivity contribution >= 4 is 35.1 Å². The molecule has 2 N–H and O–H groups in total. The number of aromatic carboxylic acids is 1. The molecule has 0 amide bonds. The minimum absolute atomic E-state index is 0.111. The van der Waals surface area contributed by atoms with E-state index in [2.05, 4.69) is 10.3 Å². The van der Waals surface area contributed by atoms with E-state index in [1.807, 2.05) is 11.8 Å². The van der Waals surface area contributed by atoms with Crippen LogP contribution < -0.4 is 5.32 Å². The Labute approximate surface area is 109 Å². The molecule has 1 saturated heterocycles. The molecule has 0 saturated carbocycles. The number of halogens is 1. The highest BCUT2D eigenvalue weighted by atomic mass is 35.5. The number of aromatic nitrogens is 1. The third-order valence-electron chi connectivity index (χ3n) is 2.65. The molecule has 0 atom stereocenters. The van der Waals surface area contributed by atoms with E-state index in [9.17, 15) is 4.79 Å². The van der Waals surface area contributed by atoms with Gasteiger partial charge in [0.25, 0.3) is 0 Å². The minimum Gasteiger partial charge on any atom is -0.478 e. The molecule has 92 valence electrons. The highest BCUT2D eigenvalue weighted by Gasteiger charge is 2.16. The van der Waals surface area contributed by atoms with Gasteiger partial charge < -0.3 is 10.4 Å². The molecule has 0 bridgehead atoms. The summed E-state index contributed by atoms with van der Waals surface area (Å²) in [6.45, 7) is 0. The van der Waals surface area contributed by atoms with Gasteiger partial charge in [-0.25, -0.2) is 9.78 Å². The van der Waals surface area contributed by atoms with Crippen LogP contribution in [0.15, 0.2) is 12.3 Å². The Hall–Kier alpha value is -0.940. The zero-order valence-corrected chi connectivity index (χ0v) is 10.7. The number of nitrogens with one attached hydrogen (secondary N) is 1. The second-order valence-electron chi connectivity index (χ2n) is 3.89. The van der Waals surface area contributed by atoms with Crippen molar-refractivity contribution in [2.24, 2.45) is 0 Å². The number of carboxylic acid groups (broad SMARTS) is 1. The SMILES string of the molecule is O=C(O)c1cnc(NC2CCSCC2)c(Cl)c1. The molecular weight excluding hydrogens is 260 g/mol.